The first-order valence-electron chi connectivity index (χ1n) is 6.11. The van der Waals surface area contributed by atoms with Crippen molar-refractivity contribution >= 4 is 15.9 Å². The third-order valence-corrected chi connectivity index (χ3v) is 3.56. The zero-order chi connectivity index (χ0) is 12.0. The van der Waals surface area contributed by atoms with Crippen molar-refractivity contribution in [3.8, 4) is 0 Å². The molecule has 0 saturated heterocycles. The Hall–Kier alpha value is -0.370. The summed E-state index contributed by atoms with van der Waals surface area (Å²) in [7, 11) is 0. The van der Waals surface area contributed by atoms with Crippen LogP contribution in [0.15, 0.2) is 22.7 Å². The van der Waals surface area contributed by atoms with Gasteiger partial charge in [0.05, 0.1) is 0 Å². The second-order valence-corrected chi connectivity index (χ2v) is 5.27. The highest BCUT2D eigenvalue weighted by atomic mass is 79.9. The van der Waals surface area contributed by atoms with Crippen LogP contribution in [-0.2, 0) is 6.42 Å². The fraction of sp³-hybridized carbons (Fsp3) is 0.571. The average molecular weight is 287 g/mol. The molecular weight excluding hydrogens is 267 g/mol. The number of hydrogen-bond acceptors (Lipinski definition) is 0. The minimum atomic E-state index is -0.0793. The molecule has 0 N–H and O–H groups in total. The minimum absolute atomic E-state index is 0.0793. The van der Waals surface area contributed by atoms with Gasteiger partial charge in [0.15, 0.2) is 0 Å². The fourth-order valence-corrected chi connectivity index (χ4v) is 2.27. The van der Waals surface area contributed by atoms with Crippen molar-refractivity contribution in [2.75, 3.05) is 0 Å². The third kappa shape index (κ3) is 4.25. The summed E-state index contributed by atoms with van der Waals surface area (Å²) in [6.07, 6.45) is 5.68. The molecule has 1 rings (SSSR count). The first-order valence-corrected chi connectivity index (χ1v) is 6.90. The number of rotatable bonds is 6. The van der Waals surface area contributed by atoms with Gasteiger partial charge in [0.1, 0.15) is 5.82 Å². The molecule has 2 heteroatoms. The van der Waals surface area contributed by atoms with Crippen molar-refractivity contribution in [2.24, 2.45) is 5.92 Å². The third-order valence-electron chi connectivity index (χ3n) is 3.07. The summed E-state index contributed by atoms with van der Waals surface area (Å²) in [6, 6.07) is 5.38. The second-order valence-electron chi connectivity index (χ2n) is 4.36. The first-order chi connectivity index (χ1) is 7.67. The molecule has 0 aliphatic heterocycles. The highest BCUT2D eigenvalue weighted by Gasteiger charge is 2.10. The molecule has 1 aromatic rings. The highest BCUT2D eigenvalue weighted by molar-refractivity contribution is 9.10. The van der Waals surface area contributed by atoms with Crippen LogP contribution in [0, 0.1) is 11.7 Å². The van der Waals surface area contributed by atoms with E-state index in [1.807, 2.05) is 12.1 Å². The van der Waals surface area contributed by atoms with Gasteiger partial charge in [-0.1, -0.05) is 61.5 Å². The van der Waals surface area contributed by atoms with E-state index in [1.54, 1.807) is 6.07 Å². The molecule has 90 valence electrons. The van der Waals surface area contributed by atoms with Gasteiger partial charge in [-0.2, -0.15) is 0 Å². The lowest BCUT2D eigenvalue weighted by Gasteiger charge is -2.14. The van der Waals surface area contributed by atoms with Gasteiger partial charge < -0.3 is 0 Å². The Morgan fingerprint density at radius 2 is 2.06 bits per heavy atom. The van der Waals surface area contributed by atoms with Crippen LogP contribution in [0.25, 0.3) is 0 Å². The van der Waals surface area contributed by atoms with Crippen LogP contribution in [0.3, 0.4) is 0 Å². The van der Waals surface area contributed by atoms with Gasteiger partial charge in [-0.05, 0) is 30.0 Å². The van der Waals surface area contributed by atoms with Crippen molar-refractivity contribution in [3.05, 3.63) is 34.1 Å². The van der Waals surface area contributed by atoms with E-state index in [9.17, 15) is 4.39 Å². The van der Waals surface area contributed by atoms with Crippen LogP contribution in [0.2, 0.25) is 0 Å². The minimum Gasteiger partial charge on any atom is -0.207 e. The van der Waals surface area contributed by atoms with Gasteiger partial charge in [0.25, 0.3) is 0 Å². The lowest BCUT2D eigenvalue weighted by Crippen LogP contribution is -2.05. The maximum absolute atomic E-state index is 13.6. The van der Waals surface area contributed by atoms with Crippen LogP contribution >= 0.6 is 15.9 Å². The SMILES string of the molecule is CCCCC(CC)Cc1ccc(Br)cc1F. The molecule has 0 spiro atoms. The normalized spacial score (nSPS) is 12.8. The molecule has 1 unspecified atom stereocenters. The molecule has 1 aromatic carbocycles. The molecule has 0 bridgehead atoms. The molecule has 1 atom stereocenters. The number of halogens is 2. The molecule has 0 aliphatic carbocycles. The van der Waals surface area contributed by atoms with Gasteiger partial charge in [-0.15, -0.1) is 0 Å². The molecule has 0 aliphatic rings. The van der Waals surface area contributed by atoms with Crippen molar-refractivity contribution in [1.29, 1.82) is 0 Å². The average Bonchev–Trinajstić information content (AvgIpc) is 2.27. The van der Waals surface area contributed by atoms with E-state index < -0.39 is 0 Å². The largest absolute Gasteiger partial charge is 0.207 e. The lowest BCUT2D eigenvalue weighted by molar-refractivity contribution is 0.440. The molecule has 0 nitrogen and oxygen atoms in total. The second kappa shape index (κ2) is 7.05. The predicted molar refractivity (Wildman–Crippen MR) is 71.1 cm³/mol. The molecule has 0 saturated carbocycles. The van der Waals surface area contributed by atoms with E-state index in [2.05, 4.69) is 29.8 Å². The molecule has 0 fully saturated rings. The summed E-state index contributed by atoms with van der Waals surface area (Å²) >= 11 is 3.28. The molecule has 16 heavy (non-hydrogen) atoms. The monoisotopic (exact) mass is 286 g/mol. The van der Waals surface area contributed by atoms with Crippen LogP contribution in [-0.4, -0.2) is 0 Å². The first kappa shape index (κ1) is 13.7. The standard InChI is InChI=1S/C14H20BrF/c1-3-5-6-11(4-2)9-12-7-8-13(15)10-14(12)16/h7-8,10-11H,3-6,9H2,1-2H3. The van der Waals surface area contributed by atoms with Gasteiger partial charge in [0, 0.05) is 4.47 Å². The Morgan fingerprint density at radius 3 is 2.62 bits per heavy atom. The van der Waals surface area contributed by atoms with Crippen molar-refractivity contribution < 1.29 is 4.39 Å². The van der Waals surface area contributed by atoms with E-state index in [0.29, 0.717) is 5.92 Å². The Kier molecular flexibility index (Phi) is 6.04. The van der Waals surface area contributed by atoms with E-state index >= 15 is 0 Å². The predicted octanol–water partition coefficient (Wildman–Crippen LogP) is 5.35. The van der Waals surface area contributed by atoms with Crippen molar-refractivity contribution in [1.82, 2.24) is 0 Å². The maximum atomic E-state index is 13.6. The summed E-state index contributed by atoms with van der Waals surface area (Å²) in [4.78, 5) is 0. The highest BCUT2D eigenvalue weighted by Crippen LogP contribution is 2.22. The van der Waals surface area contributed by atoms with Gasteiger partial charge in [0.2, 0.25) is 0 Å². The van der Waals surface area contributed by atoms with E-state index in [4.69, 9.17) is 0 Å². The smallest absolute Gasteiger partial charge is 0.127 e. The Morgan fingerprint density at radius 1 is 1.31 bits per heavy atom. The van der Waals surface area contributed by atoms with Gasteiger partial charge in [-0.3, -0.25) is 0 Å². The van der Waals surface area contributed by atoms with E-state index in [1.165, 1.54) is 19.3 Å². The summed E-state index contributed by atoms with van der Waals surface area (Å²) in [5.74, 6) is 0.542. The quantitative estimate of drug-likeness (QED) is 0.662. The molecule has 0 heterocycles. The zero-order valence-electron chi connectivity index (χ0n) is 10.1. The van der Waals surface area contributed by atoms with Crippen molar-refractivity contribution in [2.45, 2.75) is 46.0 Å². The molecule has 0 aromatic heterocycles. The van der Waals surface area contributed by atoms with Crippen molar-refractivity contribution in [3.63, 3.8) is 0 Å². The van der Waals surface area contributed by atoms with Gasteiger partial charge in [-0.25, -0.2) is 4.39 Å². The summed E-state index contributed by atoms with van der Waals surface area (Å²) in [5.41, 5.74) is 0.853. The lowest BCUT2D eigenvalue weighted by atomic mass is 9.92. The maximum Gasteiger partial charge on any atom is 0.127 e. The topological polar surface area (TPSA) is 0 Å². The van der Waals surface area contributed by atoms with Crippen LogP contribution < -0.4 is 0 Å². The summed E-state index contributed by atoms with van der Waals surface area (Å²) in [6.45, 7) is 4.39. The van der Waals surface area contributed by atoms with Crippen LogP contribution in [0.1, 0.15) is 45.1 Å². The fourth-order valence-electron chi connectivity index (χ4n) is 1.94. The number of unbranched alkanes of at least 4 members (excludes halogenated alkanes) is 1. The van der Waals surface area contributed by atoms with Crippen LogP contribution in [0.4, 0.5) is 4.39 Å². The molecule has 0 amide bonds. The Bertz CT molecular complexity index is 323. The van der Waals surface area contributed by atoms with Gasteiger partial charge >= 0.3 is 0 Å². The number of benzene rings is 1. The molecular formula is C14H20BrF. The van der Waals surface area contributed by atoms with E-state index in [-0.39, 0.29) is 5.82 Å². The van der Waals surface area contributed by atoms with Crippen LogP contribution in [0.5, 0.6) is 0 Å². The summed E-state index contributed by atoms with van der Waals surface area (Å²) < 4.78 is 14.5. The Balaban J connectivity index is 2.62. The number of hydrogen-bond donors (Lipinski definition) is 0. The Labute approximate surface area is 106 Å². The summed E-state index contributed by atoms with van der Waals surface area (Å²) in [5, 5.41) is 0. The zero-order valence-corrected chi connectivity index (χ0v) is 11.7. The molecule has 0 radical (unpaired) electrons. The van der Waals surface area contributed by atoms with E-state index in [0.717, 1.165) is 22.9 Å².